The lowest BCUT2D eigenvalue weighted by atomic mass is 9.91. The molecule has 2 unspecified atom stereocenters. The molecule has 9 heteroatoms. The lowest BCUT2D eigenvalue weighted by molar-refractivity contribution is -0.0522. The summed E-state index contributed by atoms with van der Waals surface area (Å²) in [4.78, 5) is 6.15. The predicted molar refractivity (Wildman–Crippen MR) is 81.5 cm³/mol. The lowest BCUT2D eigenvalue weighted by Gasteiger charge is -2.34. The first kappa shape index (κ1) is 16.2. The highest BCUT2D eigenvalue weighted by atomic mass is 32.2. The van der Waals surface area contributed by atoms with Crippen molar-refractivity contribution < 1.29 is 21.9 Å². The van der Waals surface area contributed by atoms with E-state index in [0.717, 1.165) is 0 Å². The fraction of sp³-hybridized carbons (Fsp3) is 0.667. The molecular formula is C15H19F2N3O3S. The van der Waals surface area contributed by atoms with Gasteiger partial charge in [0.15, 0.2) is 0 Å². The van der Waals surface area contributed by atoms with Crippen molar-refractivity contribution in [2.45, 2.75) is 54.7 Å². The van der Waals surface area contributed by atoms with Crippen molar-refractivity contribution in [3.63, 3.8) is 0 Å². The zero-order valence-corrected chi connectivity index (χ0v) is 13.8. The van der Waals surface area contributed by atoms with Gasteiger partial charge in [0.25, 0.3) is 0 Å². The van der Waals surface area contributed by atoms with Crippen LogP contribution in [-0.2, 0) is 10.0 Å². The molecule has 0 amide bonds. The molecule has 6 nitrogen and oxygen atoms in total. The summed E-state index contributed by atoms with van der Waals surface area (Å²) < 4.78 is 60.1. The van der Waals surface area contributed by atoms with Gasteiger partial charge in [0.1, 0.15) is 11.0 Å². The summed E-state index contributed by atoms with van der Waals surface area (Å²) in [6.45, 7) is 0.980. The second-order valence-electron chi connectivity index (χ2n) is 6.73. The quantitative estimate of drug-likeness (QED) is 0.820. The summed E-state index contributed by atoms with van der Waals surface area (Å²) in [6.07, 6.45) is 1.76. The second-order valence-corrected chi connectivity index (χ2v) is 8.41. The number of alkyl halides is 2. The van der Waals surface area contributed by atoms with E-state index in [-0.39, 0.29) is 35.8 Å². The van der Waals surface area contributed by atoms with Crippen LogP contribution in [0.2, 0.25) is 0 Å². The Bertz CT molecular complexity index is 733. The molecule has 2 atom stereocenters. The third kappa shape index (κ3) is 2.89. The van der Waals surface area contributed by atoms with Crippen LogP contribution in [0.3, 0.4) is 0 Å². The monoisotopic (exact) mass is 359 g/mol. The van der Waals surface area contributed by atoms with Gasteiger partial charge in [-0.15, -0.1) is 0 Å². The standard InChI is InChI=1S/C15H19F2N3O3S/c16-15(17)5-3-10(4-6-15)20-8-11-12(9-20)23-14-13(2-1-7-18-14)24(21,22)19-11/h1-2,7,10-12,19H,3-6,8-9H2. The van der Waals surface area contributed by atoms with Gasteiger partial charge in [-0.1, -0.05) is 0 Å². The van der Waals surface area contributed by atoms with Gasteiger partial charge < -0.3 is 4.74 Å². The molecule has 1 N–H and O–H groups in total. The van der Waals surface area contributed by atoms with Crippen molar-refractivity contribution >= 4 is 10.0 Å². The lowest BCUT2D eigenvalue weighted by Crippen LogP contribution is -2.43. The first-order chi connectivity index (χ1) is 11.3. The topological polar surface area (TPSA) is 71.5 Å². The zero-order chi connectivity index (χ0) is 16.9. The Morgan fingerprint density at radius 3 is 2.79 bits per heavy atom. The van der Waals surface area contributed by atoms with Gasteiger partial charge in [-0.05, 0) is 25.0 Å². The maximum atomic E-state index is 13.3. The van der Waals surface area contributed by atoms with Crippen LogP contribution in [0.5, 0.6) is 5.88 Å². The molecule has 1 aromatic rings. The molecule has 0 radical (unpaired) electrons. The van der Waals surface area contributed by atoms with Gasteiger partial charge in [0.05, 0.1) is 6.04 Å². The van der Waals surface area contributed by atoms with E-state index in [0.29, 0.717) is 25.9 Å². The minimum atomic E-state index is -3.69. The Hall–Kier alpha value is -1.32. The number of nitrogens with one attached hydrogen (secondary N) is 1. The van der Waals surface area contributed by atoms with Gasteiger partial charge in [0, 0.05) is 38.2 Å². The van der Waals surface area contributed by atoms with Gasteiger partial charge >= 0.3 is 0 Å². The van der Waals surface area contributed by atoms with Crippen LogP contribution < -0.4 is 9.46 Å². The average molecular weight is 359 g/mol. The number of aromatic nitrogens is 1. The molecular weight excluding hydrogens is 340 g/mol. The first-order valence-corrected chi connectivity index (χ1v) is 9.58. The van der Waals surface area contributed by atoms with Crippen molar-refractivity contribution in [1.82, 2.24) is 14.6 Å². The molecule has 1 aliphatic carbocycles. The fourth-order valence-corrected chi connectivity index (χ4v) is 5.14. The van der Waals surface area contributed by atoms with Crippen molar-refractivity contribution in [1.29, 1.82) is 0 Å². The van der Waals surface area contributed by atoms with Crippen LogP contribution in [0.4, 0.5) is 8.78 Å². The summed E-state index contributed by atoms with van der Waals surface area (Å²) >= 11 is 0. The second kappa shape index (κ2) is 5.60. The number of nitrogens with zero attached hydrogens (tertiary/aromatic N) is 2. The maximum Gasteiger partial charge on any atom is 0.248 e. The third-order valence-electron chi connectivity index (χ3n) is 5.09. The van der Waals surface area contributed by atoms with Gasteiger partial charge in [0.2, 0.25) is 21.8 Å². The van der Waals surface area contributed by atoms with Crippen molar-refractivity contribution in [3.8, 4) is 5.88 Å². The normalized spacial score (nSPS) is 32.4. The number of sulfonamides is 1. The Labute approximate surface area is 139 Å². The van der Waals surface area contributed by atoms with Gasteiger partial charge in [-0.25, -0.2) is 26.9 Å². The summed E-state index contributed by atoms with van der Waals surface area (Å²) in [5.41, 5.74) is 0. The highest BCUT2D eigenvalue weighted by molar-refractivity contribution is 7.89. The number of likely N-dealkylation sites (tertiary alicyclic amines) is 1. The van der Waals surface area contributed by atoms with Crippen molar-refractivity contribution in [3.05, 3.63) is 18.3 Å². The summed E-state index contributed by atoms with van der Waals surface area (Å²) in [7, 11) is -3.69. The molecule has 1 saturated heterocycles. The van der Waals surface area contributed by atoms with Crippen molar-refractivity contribution in [2.75, 3.05) is 13.1 Å². The molecule has 1 aromatic heterocycles. The number of halogens is 2. The molecule has 0 aromatic carbocycles. The number of hydrogen-bond acceptors (Lipinski definition) is 5. The Balaban J connectivity index is 1.53. The zero-order valence-electron chi connectivity index (χ0n) is 13.0. The minimum absolute atomic E-state index is 0.0447. The Morgan fingerprint density at radius 1 is 1.29 bits per heavy atom. The molecule has 3 heterocycles. The molecule has 132 valence electrons. The number of rotatable bonds is 1. The number of hydrogen-bond donors (Lipinski definition) is 1. The van der Waals surface area contributed by atoms with Crippen LogP contribution in [0, 0.1) is 0 Å². The Morgan fingerprint density at radius 2 is 2.04 bits per heavy atom. The third-order valence-corrected chi connectivity index (χ3v) is 6.60. The molecule has 0 bridgehead atoms. The van der Waals surface area contributed by atoms with E-state index in [4.69, 9.17) is 4.74 Å². The molecule has 2 fully saturated rings. The molecule has 1 saturated carbocycles. The van der Waals surface area contributed by atoms with E-state index in [1.807, 2.05) is 0 Å². The number of pyridine rings is 1. The van der Waals surface area contributed by atoms with E-state index >= 15 is 0 Å². The van der Waals surface area contributed by atoms with E-state index < -0.39 is 22.0 Å². The maximum absolute atomic E-state index is 13.3. The summed E-state index contributed by atoms with van der Waals surface area (Å²) in [6, 6.07) is 2.67. The highest BCUT2D eigenvalue weighted by Gasteiger charge is 2.45. The molecule has 0 spiro atoms. The van der Waals surface area contributed by atoms with Crippen LogP contribution in [0.15, 0.2) is 23.2 Å². The summed E-state index contributed by atoms with van der Waals surface area (Å²) in [5.74, 6) is -2.46. The largest absolute Gasteiger partial charge is 0.470 e. The van der Waals surface area contributed by atoms with Crippen molar-refractivity contribution in [2.24, 2.45) is 0 Å². The van der Waals surface area contributed by atoms with Gasteiger partial charge in [-0.2, -0.15) is 0 Å². The molecule has 2 aliphatic heterocycles. The summed E-state index contributed by atoms with van der Waals surface area (Å²) in [5, 5.41) is 0. The van der Waals surface area contributed by atoms with Crippen LogP contribution in [-0.4, -0.2) is 55.5 Å². The van der Waals surface area contributed by atoms with Gasteiger partial charge in [-0.3, -0.25) is 4.90 Å². The van der Waals surface area contributed by atoms with Crippen LogP contribution in [0.25, 0.3) is 0 Å². The van der Waals surface area contributed by atoms with Crippen LogP contribution in [0.1, 0.15) is 25.7 Å². The molecule has 24 heavy (non-hydrogen) atoms. The van der Waals surface area contributed by atoms with E-state index in [1.165, 1.54) is 12.3 Å². The van der Waals surface area contributed by atoms with E-state index in [2.05, 4.69) is 14.6 Å². The first-order valence-electron chi connectivity index (χ1n) is 8.10. The Kier molecular flexibility index (Phi) is 3.77. The highest BCUT2D eigenvalue weighted by Crippen LogP contribution is 2.37. The number of fused-ring (bicyclic) bond motifs is 2. The number of ether oxygens (including phenoxy) is 1. The average Bonchev–Trinajstić information content (AvgIpc) is 2.85. The molecule has 4 rings (SSSR count). The van der Waals surface area contributed by atoms with Crippen LogP contribution >= 0.6 is 0 Å². The van der Waals surface area contributed by atoms with E-state index in [9.17, 15) is 17.2 Å². The predicted octanol–water partition coefficient (Wildman–Crippen LogP) is 1.38. The molecule has 3 aliphatic rings. The minimum Gasteiger partial charge on any atom is -0.470 e. The fourth-order valence-electron chi connectivity index (χ4n) is 3.80. The SMILES string of the molecule is O=S1(=O)NC2CN(C3CCC(F)(F)CC3)CC2Oc2ncccc21. The smallest absolute Gasteiger partial charge is 0.248 e. The van der Waals surface area contributed by atoms with E-state index in [1.54, 1.807) is 6.07 Å².